The van der Waals surface area contributed by atoms with E-state index in [9.17, 15) is 22.0 Å². The maximum atomic E-state index is 13.1. The lowest BCUT2D eigenvalue weighted by atomic mass is 10.3. The van der Waals surface area contributed by atoms with Crippen LogP contribution < -0.4 is 4.31 Å². The molecule has 0 unspecified atom stereocenters. The van der Waals surface area contributed by atoms with Crippen molar-refractivity contribution in [2.24, 2.45) is 0 Å². The first-order valence-corrected chi connectivity index (χ1v) is 8.50. The van der Waals surface area contributed by atoms with Crippen LogP contribution in [-0.4, -0.2) is 26.0 Å². The number of halogens is 2. The van der Waals surface area contributed by atoms with Crippen LogP contribution in [0.4, 0.5) is 14.5 Å². The highest BCUT2D eigenvalue weighted by Crippen LogP contribution is 2.24. The molecule has 1 N–H and O–H groups in total. The van der Waals surface area contributed by atoms with E-state index in [1.807, 2.05) is 0 Å². The number of carboxylic acids is 1. The van der Waals surface area contributed by atoms with E-state index in [1.54, 1.807) is 0 Å². The fourth-order valence-electron chi connectivity index (χ4n) is 2.10. The Morgan fingerprint density at radius 2 is 1.46 bits per heavy atom. The molecule has 2 rings (SSSR count). The Bertz CT molecular complexity index is 805. The normalized spacial score (nSPS) is 11.2. The van der Waals surface area contributed by atoms with Gasteiger partial charge >= 0.3 is 5.97 Å². The molecule has 128 valence electrons. The van der Waals surface area contributed by atoms with Gasteiger partial charge in [-0.05, 0) is 55.0 Å². The third kappa shape index (κ3) is 4.29. The average Bonchev–Trinajstić information content (AvgIpc) is 2.53. The Balaban J connectivity index is 2.38. The van der Waals surface area contributed by atoms with Gasteiger partial charge in [-0.3, -0.25) is 9.10 Å². The zero-order valence-electron chi connectivity index (χ0n) is 12.5. The Morgan fingerprint density at radius 1 is 0.958 bits per heavy atom. The summed E-state index contributed by atoms with van der Waals surface area (Å²) in [5, 5.41) is 8.72. The molecular weight excluding hydrogens is 340 g/mol. The predicted octanol–water partition coefficient (Wildman–Crippen LogP) is 3.02. The Hall–Kier alpha value is -2.48. The number of benzene rings is 2. The molecule has 0 heterocycles. The lowest BCUT2D eigenvalue weighted by Gasteiger charge is -2.24. The van der Waals surface area contributed by atoms with Crippen LogP contribution in [-0.2, 0) is 14.8 Å². The number of aliphatic carboxylic acids is 1. The molecule has 24 heavy (non-hydrogen) atoms. The molecule has 0 fully saturated rings. The van der Waals surface area contributed by atoms with Gasteiger partial charge in [-0.25, -0.2) is 17.2 Å². The summed E-state index contributed by atoms with van der Waals surface area (Å²) >= 11 is 0. The highest BCUT2D eigenvalue weighted by molar-refractivity contribution is 7.92. The number of rotatable bonds is 7. The SMILES string of the molecule is O=C(O)CCCN(c1ccc(F)cc1)S(=O)(=O)c1ccc(F)cc1. The van der Waals surface area contributed by atoms with Crippen molar-refractivity contribution in [1.82, 2.24) is 0 Å². The van der Waals surface area contributed by atoms with Crippen molar-refractivity contribution in [2.45, 2.75) is 17.7 Å². The van der Waals surface area contributed by atoms with Crippen LogP contribution in [0.3, 0.4) is 0 Å². The molecule has 0 atom stereocenters. The van der Waals surface area contributed by atoms with Crippen molar-refractivity contribution in [2.75, 3.05) is 10.8 Å². The van der Waals surface area contributed by atoms with Crippen LogP contribution in [0.15, 0.2) is 53.4 Å². The van der Waals surface area contributed by atoms with Gasteiger partial charge in [0.15, 0.2) is 0 Å². The fraction of sp³-hybridized carbons (Fsp3) is 0.188. The topological polar surface area (TPSA) is 74.7 Å². The highest BCUT2D eigenvalue weighted by atomic mass is 32.2. The molecule has 0 saturated carbocycles. The van der Waals surface area contributed by atoms with Crippen LogP contribution in [0.2, 0.25) is 0 Å². The lowest BCUT2D eigenvalue weighted by Crippen LogP contribution is -2.32. The van der Waals surface area contributed by atoms with Crippen LogP contribution >= 0.6 is 0 Å². The van der Waals surface area contributed by atoms with Crippen LogP contribution in [0, 0.1) is 11.6 Å². The number of sulfonamides is 1. The van der Waals surface area contributed by atoms with E-state index >= 15 is 0 Å². The van der Waals surface area contributed by atoms with E-state index in [0.717, 1.165) is 40.7 Å². The molecule has 0 aromatic heterocycles. The van der Waals surface area contributed by atoms with Gasteiger partial charge in [-0.1, -0.05) is 0 Å². The van der Waals surface area contributed by atoms with Crippen molar-refractivity contribution < 1.29 is 27.1 Å². The first kappa shape index (κ1) is 17.9. The van der Waals surface area contributed by atoms with Gasteiger partial charge in [0.25, 0.3) is 10.0 Å². The number of hydrogen-bond donors (Lipinski definition) is 1. The molecule has 0 saturated heterocycles. The van der Waals surface area contributed by atoms with Crippen molar-refractivity contribution in [3.8, 4) is 0 Å². The lowest BCUT2D eigenvalue weighted by molar-refractivity contribution is -0.137. The molecule has 8 heteroatoms. The second-order valence-corrected chi connectivity index (χ2v) is 6.87. The average molecular weight is 355 g/mol. The molecule has 2 aromatic carbocycles. The highest BCUT2D eigenvalue weighted by Gasteiger charge is 2.25. The minimum absolute atomic E-state index is 0.0765. The molecule has 2 aromatic rings. The van der Waals surface area contributed by atoms with Crippen molar-refractivity contribution in [3.05, 3.63) is 60.2 Å². The maximum absolute atomic E-state index is 13.1. The number of nitrogens with zero attached hydrogens (tertiary/aromatic N) is 1. The fourth-order valence-corrected chi connectivity index (χ4v) is 3.61. The van der Waals surface area contributed by atoms with E-state index < -0.39 is 27.6 Å². The monoisotopic (exact) mass is 355 g/mol. The van der Waals surface area contributed by atoms with Crippen molar-refractivity contribution in [1.29, 1.82) is 0 Å². The van der Waals surface area contributed by atoms with Gasteiger partial charge < -0.3 is 5.11 Å². The van der Waals surface area contributed by atoms with Crippen molar-refractivity contribution >= 4 is 21.7 Å². The second kappa shape index (κ2) is 7.39. The summed E-state index contributed by atoms with van der Waals surface area (Å²) in [6, 6.07) is 9.09. The summed E-state index contributed by atoms with van der Waals surface area (Å²) in [5.41, 5.74) is 0.200. The molecular formula is C16H15F2NO4S. The molecule has 0 amide bonds. The minimum Gasteiger partial charge on any atom is -0.481 e. The number of carbonyl (C=O) groups is 1. The summed E-state index contributed by atoms with van der Waals surface area (Å²) in [4.78, 5) is 10.5. The first-order valence-electron chi connectivity index (χ1n) is 7.06. The van der Waals surface area contributed by atoms with Crippen LogP contribution in [0.5, 0.6) is 0 Å². The number of carboxylic acid groups (broad SMARTS) is 1. The van der Waals surface area contributed by atoms with Gasteiger partial charge in [-0.15, -0.1) is 0 Å². The Morgan fingerprint density at radius 3 is 1.96 bits per heavy atom. The number of hydrogen-bond acceptors (Lipinski definition) is 3. The second-order valence-electron chi connectivity index (χ2n) is 5.00. The molecule has 5 nitrogen and oxygen atoms in total. The first-order chi connectivity index (χ1) is 11.3. The molecule has 0 aliphatic heterocycles. The van der Waals surface area contributed by atoms with Crippen molar-refractivity contribution in [3.63, 3.8) is 0 Å². The Kier molecular flexibility index (Phi) is 5.50. The molecule has 0 radical (unpaired) electrons. The summed E-state index contributed by atoms with van der Waals surface area (Å²) in [6.07, 6.45) is -0.135. The summed E-state index contributed by atoms with van der Waals surface area (Å²) < 4.78 is 52.6. The zero-order valence-corrected chi connectivity index (χ0v) is 13.3. The molecule has 0 aliphatic carbocycles. The largest absolute Gasteiger partial charge is 0.481 e. The predicted molar refractivity (Wildman–Crippen MR) is 84.2 cm³/mol. The molecule has 0 spiro atoms. The van der Waals surface area contributed by atoms with Gasteiger partial charge in [0.1, 0.15) is 11.6 Å². The van der Waals surface area contributed by atoms with Crippen LogP contribution in [0.1, 0.15) is 12.8 Å². The van der Waals surface area contributed by atoms with Gasteiger partial charge in [0, 0.05) is 13.0 Å². The zero-order chi connectivity index (χ0) is 17.7. The standard InChI is InChI=1S/C16H15F2NO4S/c17-12-3-7-14(8-4-12)19(11-1-2-16(20)21)24(22,23)15-9-5-13(18)6-10-15/h3-10H,1-2,11H2,(H,20,21). The summed E-state index contributed by atoms with van der Waals surface area (Å²) in [7, 11) is -4.03. The van der Waals surface area contributed by atoms with Gasteiger partial charge in [0.2, 0.25) is 0 Å². The number of anilines is 1. The van der Waals surface area contributed by atoms with E-state index in [4.69, 9.17) is 5.11 Å². The van der Waals surface area contributed by atoms with E-state index in [1.165, 1.54) is 12.1 Å². The van der Waals surface area contributed by atoms with Gasteiger partial charge in [-0.2, -0.15) is 0 Å². The summed E-state index contributed by atoms with van der Waals surface area (Å²) in [6.45, 7) is -0.0996. The third-order valence-corrected chi connectivity index (χ3v) is 5.11. The van der Waals surface area contributed by atoms with E-state index in [2.05, 4.69) is 0 Å². The smallest absolute Gasteiger partial charge is 0.303 e. The van der Waals surface area contributed by atoms with Crippen LogP contribution in [0.25, 0.3) is 0 Å². The van der Waals surface area contributed by atoms with E-state index in [0.29, 0.717) is 0 Å². The minimum atomic E-state index is -4.03. The van der Waals surface area contributed by atoms with E-state index in [-0.39, 0.29) is 30.0 Å². The maximum Gasteiger partial charge on any atom is 0.303 e. The quantitative estimate of drug-likeness (QED) is 0.828. The summed E-state index contributed by atoms with van der Waals surface area (Å²) in [5.74, 6) is -2.15. The molecule has 0 aliphatic rings. The molecule has 0 bridgehead atoms. The third-order valence-electron chi connectivity index (χ3n) is 3.27. The Labute approximate surface area is 138 Å². The van der Waals surface area contributed by atoms with Gasteiger partial charge in [0.05, 0.1) is 10.6 Å².